The first kappa shape index (κ1) is 14.5. The third-order valence-corrected chi connectivity index (χ3v) is 3.96. The predicted molar refractivity (Wildman–Crippen MR) is 80.1 cm³/mol. The van der Waals surface area contributed by atoms with Gasteiger partial charge in [-0.1, -0.05) is 6.92 Å². The zero-order chi connectivity index (χ0) is 14.5. The van der Waals surface area contributed by atoms with Gasteiger partial charge in [0.25, 0.3) is 0 Å². The molecule has 1 fully saturated rings. The second-order valence-corrected chi connectivity index (χ2v) is 5.38. The van der Waals surface area contributed by atoms with Crippen LogP contribution in [0.25, 0.3) is 0 Å². The van der Waals surface area contributed by atoms with Crippen LogP contribution < -0.4 is 4.90 Å². The van der Waals surface area contributed by atoms with E-state index in [1.54, 1.807) is 12.1 Å². The van der Waals surface area contributed by atoms with Gasteiger partial charge in [0, 0.05) is 24.7 Å². The third kappa shape index (κ3) is 3.00. The number of hydrogen-bond donors (Lipinski definition) is 0. The number of anilines is 1. The lowest BCUT2D eigenvalue weighted by Gasteiger charge is -2.33. The van der Waals surface area contributed by atoms with E-state index < -0.39 is 0 Å². The first-order chi connectivity index (χ1) is 9.69. The minimum Gasteiger partial charge on any atom is -0.366 e. The first-order valence-corrected chi connectivity index (χ1v) is 7.14. The lowest BCUT2D eigenvalue weighted by atomic mass is 10.1. The van der Waals surface area contributed by atoms with E-state index >= 15 is 0 Å². The molecule has 1 unspecified atom stereocenters. The first-order valence-electron chi connectivity index (χ1n) is 7.14. The summed E-state index contributed by atoms with van der Waals surface area (Å²) in [6, 6.07) is 8.04. The van der Waals surface area contributed by atoms with Crippen molar-refractivity contribution in [2.75, 3.05) is 31.6 Å². The molecule has 0 radical (unpaired) electrons. The topological polar surface area (TPSA) is 47.3 Å². The predicted octanol–water partition coefficient (Wildman–Crippen LogP) is 2.29. The molecule has 2 rings (SSSR count). The number of aldehydes is 1. The Labute approximate surface area is 120 Å². The fourth-order valence-electron chi connectivity index (χ4n) is 2.88. The maximum atomic E-state index is 10.9. The monoisotopic (exact) mass is 271 g/mol. The lowest BCUT2D eigenvalue weighted by molar-refractivity contribution is 0.112. The average Bonchev–Trinajstić information content (AvgIpc) is 2.67. The van der Waals surface area contributed by atoms with Crippen LogP contribution in [0.15, 0.2) is 18.2 Å². The second-order valence-electron chi connectivity index (χ2n) is 5.38. The Kier molecular flexibility index (Phi) is 4.75. The molecule has 0 aromatic heterocycles. The summed E-state index contributed by atoms with van der Waals surface area (Å²) in [5, 5.41) is 9.35. The molecule has 0 spiro atoms. The molecule has 106 valence electrons. The van der Waals surface area contributed by atoms with Crippen LogP contribution in [0.4, 0.5) is 5.69 Å². The molecule has 4 heteroatoms. The van der Waals surface area contributed by atoms with Crippen LogP contribution >= 0.6 is 0 Å². The number of nitrogens with zero attached hydrogens (tertiary/aromatic N) is 3. The average molecular weight is 271 g/mol. The zero-order valence-corrected chi connectivity index (χ0v) is 12.2. The van der Waals surface area contributed by atoms with Crippen LogP contribution in [0.1, 0.15) is 35.7 Å². The molecule has 0 aliphatic carbocycles. The fraction of sp³-hybridized carbons (Fsp3) is 0.500. The highest BCUT2D eigenvalue weighted by atomic mass is 16.1. The SMILES string of the molecule is CCC1CN(C)CCCN1c1ccc(C=O)cc1C#N. The van der Waals surface area contributed by atoms with Crippen LogP contribution in [0.5, 0.6) is 0 Å². The van der Waals surface area contributed by atoms with Crippen molar-refractivity contribution < 1.29 is 4.79 Å². The molecule has 0 N–H and O–H groups in total. The van der Waals surface area contributed by atoms with Crippen molar-refractivity contribution in [2.24, 2.45) is 0 Å². The molecule has 0 saturated carbocycles. The van der Waals surface area contributed by atoms with E-state index in [9.17, 15) is 10.1 Å². The number of nitriles is 1. The quantitative estimate of drug-likeness (QED) is 0.791. The number of carbonyl (C=O) groups is 1. The van der Waals surface area contributed by atoms with E-state index in [2.05, 4.69) is 29.8 Å². The van der Waals surface area contributed by atoms with Crippen molar-refractivity contribution in [1.82, 2.24) is 4.90 Å². The van der Waals surface area contributed by atoms with Gasteiger partial charge < -0.3 is 9.80 Å². The Morgan fingerprint density at radius 3 is 2.90 bits per heavy atom. The Hall–Kier alpha value is -1.86. The van der Waals surface area contributed by atoms with Gasteiger partial charge in [0.1, 0.15) is 12.4 Å². The molecular formula is C16H21N3O. The van der Waals surface area contributed by atoms with Crippen molar-refractivity contribution in [3.8, 4) is 6.07 Å². The molecular weight excluding hydrogens is 250 g/mol. The molecule has 1 aromatic carbocycles. The van der Waals surface area contributed by atoms with E-state index in [4.69, 9.17) is 0 Å². The Bertz CT molecular complexity index is 521. The standard InChI is InChI=1S/C16H21N3O/c1-3-15-11-18(2)7-4-8-19(15)16-6-5-13(12-20)9-14(16)10-17/h5-6,9,12,15H,3-4,7-8,11H2,1-2H3. The van der Waals surface area contributed by atoms with Crippen molar-refractivity contribution in [1.29, 1.82) is 5.26 Å². The van der Waals surface area contributed by atoms with E-state index in [-0.39, 0.29) is 0 Å². The van der Waals surface area contributed by atoms with Crippen LogP contribution in [0, 0.1) is 11.3 Å². The van der Waals surface area contributed by atoms with Gasteiger partial charge in [-0.15, -0.1) is 0 Å². The normalized spacial score (nSPS) is 20.2. The summed E-state index contributed by atoms with van der Waals surface area (Å²) in [6.07, 6.45) is 2.93. The molecule has 0 amide bonds. The van der Waals surface area contributed by atoms with Crippen LogP contribution in [-0.4, -0.2) is 43.9 Å². The number of benzene rings is 1. The highest BCUT2D eigenvalue weighted by molar-refractivity contribution is 5.78. The molecule has 1 aliphatic heterocycles. The molecule has 1 saturated heterocycles. The van der Waals surface area contributed by atoms with E-state index in [1.807, 2.05) is 6.07 Å². The van der Waals surface area contributed by atoms with Crippen molar-refractivity contribution in [2.45, 2.75) is 25.8 Å². The number of likely N-dealkylation sites (N-methyl/N-ethyl adjacent to an activating group) is 1. The number of rotatable bonds is 3. The Balaban J connectivity index is 2.37. The molecule has 4 nitrogen and oxygen atoms in total. The number of carbonyl (C=O) groups excluding carboxylic acids is 1. The van der Waals surface area contributed by atoms with Crippen LogP contribution in [0.2, 0.25) is 0 Å². The second kappa shape index (κ2) is 6.53. The van der Waals surface area contributed by atoms with Crippen molar-refractivity contribution in [3.05, 3.63) is 29.3 Å². The minimum absolute atomic E-state index is 0.414. The molecule has 0 bridgehead atoms. The Morgan fingerprint density at radius 1 is 1.45 bits per heavy atom. The molecule has 20 heavy (non-hydrogen) atoms. The summed E-state index contributed by atoms with van der Waals surface area (Å²) in [5.41, 5.74) is 2.11. The van der Waals surface area contributed by atoms with Gasteiger partial charge in [0.05, 0.1) is 11.3 Å². The summed E-state index contributed by atoms with van der Waals surface area (Å²) in [4.78, 5) is 15.5. The smallest absolute Gasteiger partial charge is 0.150 e. The van der Waals surface area contributed by atoms with Gasteiger partial charge in [0.2, 0.25) is 0 Å². The highest BCUT2D eigenvalue weighted by Gasteiger charge is 2.24. The summed E-state index contributed by atoms with van der Waals surface area (Å²) < 4.78 is 0. The van der Waals surface area contributed by atoms with Gasteiger partial charge >= 0.3 is 0 Å². The summed E-state index contributed by atoms with van der Waals surface area (Å²) in [5.74, 6) is 0. The lowest BCUT2D eigenvalue weighted by Crippen LogP contribution is -2.40. The third-order valence-electron chi connectivity index (χ3n) is 3.96. The maximum absolute atomic E-state index is 10.9. The summed E-state index contributed by atoms with van der Waals surface area (Å²) in [6.45, 7) is 5.23. The van der Waals surface area contributed by atoms with E-state index in [0.29, 0.717) is 17.2 Å². The molecule has 1 aliphatic rings. The number of hydrogen-bond acceptors (Lipinski definition) is 4. The van der Waals surface area contributed by atoms with Crippen LogP contribution in [0.3, 0.4) is 0 Å². The van der Waals surface area contributed by atoms with Crippen molar-refractivity contribution >= 4 is 12.0 Å². The van der Waals surface area contributed by atoms with Gasteiger partial charge in [-0.2, -0.15) is 5.26 Å². The summed E-state index contributed by atoms with van der Waals surface area (Å²) >= 11 is 0. The zero-order valence-electron chi connectivity index (χ0n) is 12.2. The molecule has 1 aromatic rings. The molecule has 1 heterocycles. The van der Waals surface area contributed by atoms with Gasteiger partial charge in [0.15, 0.2) is 0 Å². The fourth-order valence-corrected chi connectivity index (χ4v) is 2.88. The van der Waals surface area contributed by atoms with Crippen LogP contribution in [-0.2, 0) is 0 Å². The van der Waals surface area contributed by atoms with Gasteiger partial charge in [-0.25, -0.2) is 0 Å². The largest absolute Gasteiger partial charge is 0.366 e. The van der Waals surface area contributed by atoms with E-state index in [1.165, 1.54) is 0 Å². The molecule has 1 atom stereocenters. The van der Waals surface area contributed by atoms with Crippen molar-refractivity contribution in [3.63, 3.8) is 0 Å². The Morgan fingerprint density at radius 2 is 2.25 bits per heavy atom. The van der Waals surface area contributed by atoms with Gasteiger partial charge in [-0.05, 0) is 44.6 Å². The maximum Gasteiger partial charge on any atom is 0.150 e. The summed E-state index contributed by atoms with van der Waals surface area (Å²) in [7, 11) is 2.15. The minimum atomic E-state index is 0.414. The highest BCUT2D eigenvalue weighted by Crippen LogP contribution is 2.26. The van der Waals surface area contributed by atoms with Gasteiger partial charge in [-0.3, -0.25) is 4.79 Å². The van der Waals surface area contributed by atoms with E-state index in [0.717, 1.165) is 44.4 Å².